The number of thioether (sulfide) groups is 1. The van der Waals surface area contributed by atoms with Gasteiger partial charge in [-0.05, 0) is 42.2 Å². The predicted molar refractivity (Wildman–Crippen MR) is 94.4 cm³/mol. The van der Waals surface area contributed by atoms with Crippen LogP contribution in [0.3, 0.4) is 0 Å². The van der Waals surface area contributed by atoms with Crippen LogP contribution in [-0.2, 0) is 0 Å². The summed E-state index contributed by atoms with van der Waals surface area (Å²) in [7, 11) is 0. The maximum atomic E-state index is 12.6. The molecule has 1 amide bonds. The van der Waals surface area contributed by atoms with Crippen molar-refractivity contribution in [1.29, 1.82) is 0 Å². The molecule has 2 heterocycles. The Balaban J connectivity index is 1.74. The molecule has 0 bridgehead atoms. The number of hydrogen-bond acceptors (Lipinski definition) is 4. The van der Waals surface area contributed by atoms with Gasteiger partial charge in [0.25, 0.3) is 5.91 Å². The van der Waals surface area contributed by atoms with E-state index >= 15 is 0 Å². The lowest BCUT2D eigenvalue weighted by Gasteiger charge is -2.14. The molecule has 0 fully saturated rings. The Morgan fingerprint density at radius 2 is 1.71 bits per heavy atom. The number of nitrogens with one attached hydrogen (secondary N) is 1. The third-order valence-corrected chi connectivity index (χ3v) is 4.63. The zero-order chi connectivity index (χ0) is 16.8. The molecule has 0 saturated carbocycles. The number of rotatable bonds is 7. The maximum Gasteiger partial charge on any atom is 0.252 e. The summed E-state index contributed by atoms with van der Waals surface area (Å²) < 4.78 is 11.0. The minimum absolute atomic E-state index is 0.0883. The monoisotopic (exact) mass is 341 g/mol. The molecule has 0 aliphatic rings. The van der Waals surface area contributed by atoms with Crippen LogP contribution in [0.1, 0.15) is 34.7 Å². The van der Waals surface area contributed by atoms with Crippen molar-refractivity contribution in [3.8, 4) is 0 Å². The molecule has 0 radical (unpaired) electrons. The predicted octanol–water partition coefficient (Wildman–Crippen LogP) is 4.55. The van der Waals surface area contributed by atoms with Crippen molar-refractivity contribution < 1.29 is 13.6 Å². The minimum Gasteiger partial charge on any atom is -0.469 e. The fourth-order valence-electron chi connectivity index (χ4n) is 2.55. The average Bonchev–Trinajstić information content (AvgIpc) is 3.30. The van der Waals surface area contributed by atoms with Gasteiger partial charge in [-0.15, -0.1) is 11.8 Å². The largest absolute Gasteiger partial charge is 0.469 e. The van der Waals surface area contributed by atoms with E-state index in [9.17, 15) is 4.79 Å². The lowest BCUT2D eigenvalue weighted by molar-refractivity contribution is 0.0948. The minimum atomic E-state index is -0.148. The van der Waals surface area contributed by atoms with Crippen LogP contribution in [-0.4, -0.2) is 18.2 Å². The summed E-state index contributed by atoms with van der Waals surface area (Å²) in [5, 5.41) is 3.00. The van der Waals surface area contributed by atoms with E-state index in [1.807, 2.05) is 48.5 Å². The van der Waals surface area contributed by atoms with Crippen LogP contribution in [0.25, 0.3) is 0 Å². The zero-order valence-electron chi connectivity index (χ0n) is 13.4. The first-order valence-corrected chi connectivity index (χ1v) is 8.85. The van der Waals surface area contributed by atoms with E-state index in [4.69, 9.17) is 8.83 Å². The van der Waals surface area contributed by atoms with Crippen LogP contribution < -0.4 is 5.32 Å². The Morgan fingerprint density at radius 3 is 2.29 bits per heavy atom. The zero-order valence-corrected chi connectivity index (χ0v) is 14.2. The number of carbonyl (C=O) groups excluding carboxylic acids is 1. The average molecular weight is 341 g/mol. The van der Waals surface area contributed by atoms with Crippen molar-refractivity contribution in [2.45, 2.75) is 17.7 Å². The van der Waals surface area contributed by atoms with Crippen molar-refractivity contribution in [2.24, 2.45) is 0 Å². The van der Waals surface area contributed by atoms with Crippen molar-refractivity contribution in [1.82, 2.24) is 5.32 Å². The molecule has 2 aromatic heterocycles. The lowest BCUT2D eigenvalue weighted by Crippen LogP contribution is -2.29. The topological polar surface area (TPSA) is 55.4 Å². The van der Waals surface area contributed by atoms with Gasteiger partial charge < -0.3 is 14.2 Å². The van der Waals surface area contributed by atoms with Crippen molar-refractivity contribution in [3.05, 3.63) is 78.1 Å². The summed E-state index contributed by atoms with van der Waals surface area (Å²) in [5.41, 5.74) is 0.696. The molecule has 0 unspecified atom stereocenters. The molecule has 0 aliphatic carbocycles. The fourth-order valence-corrected chi connectivity index (χ4v) is 3.35. The van der Waals surface area contributed by atoms with Gasteiger partial charge in [0.05, 0.1) is 24.0 Å². The second-order valence-corrected chi connectivity index (χ2v) is 6.53. The molecule has 0 atom stereocenters. The number of furan rings is 2. The molecule has 1 N–H and O–H groups in total. The van der Waals surface area contributed by atoms with E-state index in [1.165, 1.54) is 0 Å². The van der Waals surface area contributed by atoms with Gasteiger partial charge in [-0.1, -0.05) is 19.1 Å². The number of hydrogen-bond donors (Lipinski definition) is 1. The van der Waals surface area contributed by atoms with Gasteiger partial charge in [-0.25, -0.2) is 0 Å². The number of amides is 1. The molecule has 3 rings (SSSR count). The summed E-state index contributed by atoms with van der Waals surface area (Å²) in [5.74, 6) is 2.22. The van der Waals surface area contributed by atoms with Crippen LogP contribution >= 0.6 is 11.8 Å². The van der Waals surface area contributed by atoms with Crippen LogP contribution in [0.5, 0.6) is 0 Å². The quantitative estimate of drug-likeness (QED) is 0.641. The molecule has 4 nitrogen and oxygen atoms in total. The first-order chi connectivity index (χ1) is 11.8. The van der Waals surface area contributed by atoms with Crippen LogP contribution in [0.15, 0.2) is 74.8 Å². The Bertz CT molecular complexity index is 732. The molecule has 5 heteroatoms. The Kier molecular flexibility index (Phi) is 5.43. The van der Waals surface area contributed by atoms with Crippen LogP contribution in [0.2, 0.25) is 0 Å². The van der Waals surface area contributed by atoms with Gasteiger partial charge in [-0.2, -0.15) is 0 Å². The summed E-state index contributed by atoms with van der Waals surface area (Å²) in [6, 6.07) is 15.1. The summed E-state index contributed by atoms with van der Waals surface area (Å²) >= 11 is 1.66. The lowest BCUT2D eigenvalue weighted by atomic mass is 10.0. The smallest absolute Gasteiger partial charge is 0.252 e. The van der Waals surface area contributed by atoms with Gasteiger partial charge in [0.15, 0.2) is 0 Å². The van der Waals surface area contributed by atoms with Crippen molar-refractivity contribution in [2.75, 3.05) is 12.3 Å². The van der Waals surface area contributed by atoms with Gasteiger partial charge in [0.2, 0.25) is 0 Å². The highest BCUT2D eigenvalue weighted by Gasteiger charge is 2.21. The SMILES string of the molecule is CCSc1ccccc1C(=O)NCC(c1ccco1)c1ccco1. The standard InChI is InChI=1S/C19H19NO3S/c1-2-24-18-10-4-3-7-14(18)19(21)20-13-15(16-8-5-11-22-16)17-9-6-12-23-17/h3-12,15H,2,13H2,1H3,(H,20,21). The van der Waals surface area contributed by atoms with Gasteiger partial charge in [0.1, 0.15) is 11.5 Å². The van der Waals surface area contributed by atoms with E-state index in [-0.39, 0.29) is 11.8 Å². The van der Waals surface area contributed by atoms with Crippen molar-refractivity contribution in [3.63, 3.8) is 0 Å². The third-order valence-electron chi connectivity index (χ3n) is 3.67. The summed E-state index contributed by atoms with van der Waals surface area (Å²) in [4.78, 5) is 13.6. The Morgan fingerprint density at radius 1 is 1.04 bits per heavy atom. The molecule has 1 aromatic carbocycles. The highest BCUT2D eigenvalue weighted by molar-refractivity contribution is 7.99. The third kappa shape index (κ3) is 3.74. The Hall–Kier alpha value is -2.40. The summed E-state index contributed by atoms with van der Waals surface area (Å²) in [6.07, 6.45) is 3.25. The second kappa shape index (κ2) is 7.93. The molecule has 0 spiro atoms. The first-order valence-electron chi connectivity index (χ1n) is 7.86. The van der Waals surface area contributed by atoms with E-state index in [0.717, 1.165) is 22.2 Å². The maximum absolute atomic E-state index is 12.6. The Labute approximate surface area is 145 Å². The van der Waals surface area contributed by atoms with E-state index in [0.29, 0.717) is 12.1 Å². The van der Waals surface area contributed by atoms with Crippen LogP contribution in [0.4, 0.5) is 0 Å². The fraction of sp³-hybridized carbons (Fsp3) is 0.211. The molecule has 124 valence electrons. The molecule has 0 aliphatic heterocycles. The van der Waals surface area contributed by atoms with E-state index < -0.39 is 0 Å². The molecule has 0 saturated heterocycles. The van der Waals surface area contributed by atoms with Crippen LogP contribution in [0, 0.1) is 0 Å². The number of carbonyl (C=O) groups is 1. The van der Waals surface area contributed by atoms with Gasteiger partial charge in [0, 0.05) is 11.4 Å². The van der Waals surface area contributed by atoms with E-state index in [2.05, 4.69) is 12.2 Å². The molecular formula is C19H19NO3S. The highest BCUT2D eigenvalue weighted by Crippen LogP contribution is 2.26. The summed E-state index contributed by atoms with van der Waals surface area (Å²) in [6.45, 7) is 2.48. The van der Waals surface area contributed by atoms with E-state index in [1.54, 1.807) is 24.3 Å². The normalized spacial score (nSPS) is 10.9. The molecule has 3 aromatic rings. The second-order valence-electron chi connectivity index (χ2n) is 5.22. The first kappa shape index (κ1) is 16.5. The molecular weight excluding hydrogens is 322 g/mol. The van der Waals surface area contributed by atoms with Crippen molar-refractivity contribution >= 4 is 17.7 Å². The van der Waals surface area contributed by atoms with Gasteiger partial charge >= 0.3 is 0 Å². The molecule has 24 heavy (non-hydrogen) atoms. The highest BCUT2D eigenvalue weighted by atomic mass is 32.2. The van der Waals surface area contributed by atoms with Gasteiger partial charge in [-0.3, -0.25) is 4.79 Å². The number of benzene rings is 1.